The van der Waals surface area contributed by atoms with E-state index in [0.29, 0.717) is 5.69 Å². The second-order valence-electron chi connectivity index (χ2n) is 6.69. The average molecular weight is 442 g/mol. The van der Waals surface area contributed by atoms with Crippen LogP contribution in [0.1, 0.15) is 25.5 Å². The van der Waals surface area contributed by atoms with E-state index in [2.05, 4.69) is 25.9 Å². The Morgan fingerprint density at radius 3 is 2.23 bits per heavy atom. The molecule has 1 heterocycles. The Kier molecular flexibility index (Phi) is 10.1. The molecular weight excluding hydrogens is 416 g/mol. The van der Waals surface area contributed by atoms with Gasteiger partial charge < -0.3 is 42.0 Å². The molecule has 0 aliphatic carbocycles. The number of carboxylic acid groups (broad SMARTS) is 2. The Labute approximate surface area is 176 Å². The van der Waals surface area contributed by atoms with Crippen molar-refractivity contribution < 1.29 is 39.3 Å². The van der Waals surface area contributed by atoms with Gasteiger partial charge in [-0.3, -0.25) is 19.2 Å². The normalized spacial score (nSPS) is 14.5. The second-order valence-corrected chi connectivity index (χ2v) is 6.69. The zero-order chi connectivity index (χ0) is 23.6. The maximum absolute atomic E-state index is 12.7. The summed E-state index contributed by atoms with van der Waals surface area (Å²) >= 11 is 0. The van der Waals surface area contributed by atoms with Gasteiger partial charge >= 0.3 is 11.9 Å². The first-order valence-electron chi connectivity index (χ1n) is 9.24. The molecule has 0 saturated carbocycles. The number of carboxylic acids is 2. The van der Waals surface area contributed by atoms with Crippen molar-refractivity contribution in [1.29, 1.82) is 0 Å². The first-order chi connectivity index (χ1) is 14.5. The Bertz CT molecular complexity index is 784. The lowest BCUT2D eigenvalue weighted by molar-refractivity contribution is -0.143. The van der Waals surface area contributed by atoms with Crippen molar-refractivity contribution in [2.45, 2.75) is 50.4 Å². The molecule has 0 spiro atoms. The molecule has 0 bridgehead atoms. The van der Waals surface area contributed by atoms with E-state index in [0.717, 1.165) is 0 Å². The number of aliphatic carboxylic acids is 2. The number of carbonyl (C=O) groups excluding carboxylic acids is 3. The van der Waals surface area contributed by atoms with Crippen LogP contribution in [0, 0.1) is 0 Å². The lowest BCUT2D eigenvalue weighted by atomic mass is 10.1. The maximum atomic E-state index is 12.7. The van der Waals surface area contributed by atoms with E-state index < -0.39 is 60.4 Å². The Morgan fingerprint density at radius 2 is 1.71 bits per heavy atom. The third-order valence-corrected chi connectivity index (χ3v) is 4.17. The zero-order valence-electron chi connectivity index (χ0n) is 16.7. The predicted octanol–water partition coefficient (Wildman–Crippen LogP) is -3.30. The number of nitrogens with one attached hydrogen (secondary N) is 4. The van der Waals surface area contributed by atoms with Crippen LogP contribution in [0.25, 0.3) is 0 Å². The van der Waals surface area contributed by atoms with E-state index >= 15 is 0 Å². The number of nitrogens with zero attached hydrogens (tertiary/aromatic N) is 1. The summed E-state index contributed by atoms with van der Waals surface area (Å²) in [5, 5.41) is 33.4. The molecule has 1 aromatic heterocycles. The molecule has 0 radical (unpaired) electrons. The molecule has 4 unspecified atom stereocenters. The molecule has 3 amide bonds. The molecule has 0 aromatic carbocycles. The summed E-state index contributed by atoms with van der Waals surface area (Å²) in [6.45, 7) is 0.450. The van der Waals surface area contributed by atoms with Crippen LogP contribution in [-0.2, 0) is 30.4 Å². The van der Waals surface area contributed by atoms with Gasteiger partial charge in [-0.05, 0) is 13.3 Å². The second kappa shape index (κ2) is 12.2. The van der Waals surface area contributed by atoms with Gasteiger partial charge in [0.25, 0.3) is 0 Å². The van der Waals surface area contributed by atoms with Gasteiger partial charge in [0.15, 0.2) is 0 Å². The number of hydrogen-bond donors (Lipinski definition) is 8. The number of nitrogens with two attached hydrogens (primary N) is 1. The molecule has 0 fully saturated rings. The van der Waals surface area contributed by atoms with Crippen molar-refractivity contribution in [2.75, 3.05) is 6.61 Å². The Morgan fingerprint density at radius 1 is 1.06 bits per heavy atom. The highest BCUT2D eigenvalue weighted by atomic mass is 16.4. The highest BCUT2D eigenvalue weighted by molar-refractivity contribution is 5.94. The summed E-state index contributed by atoms with van der Waals surface area (Å²) in [4.78, 5) is 65.1. The van der Waals surface area contributed by atoms with Gasteiger partial charge in [-0.25, -0.2) is 9.78 Å². The fourth-order valence-corrected chi connectivity index (χ4v) is 2.38. The molecule has 0 aliphatic heterocycles. The summed E-state index contributed by atoms with van der Waals surface area (Å²) in [6, 6.07) is -5.09. The third kappa shape index (κ3) is 8.79. The van der Waals surface area contributed by atoms with Crippen molar-refractivity contribution in [2.24, 2.45) is 5.73 Å². The number of aliphatic hydroxyl groups is 1. The summed E-state index contributed by atoms with van der Waals surface area (Å²) in [5.41, 5.74) is 6.15. The summed E-state index contributed by atoms with van der Waals surface area (Å²) in [5.74, 6) is -4.97. The van der Waals surface area contributed by atoms with Crippen LogP contribution in [-0.4, -0.2) is 85.7 Å². The van der Waals surface area contributed by atoms with Crippen molar-refractivity contribution >= 4 is 29.7 Å². The smallest absolute Gasteiger partial charge is 0.328 e. The zero-order valence-corrected chi connectivity index (χ0v) is 16.7. The topological polar surface area (TPSA) is 237 Å². The number of rotatable bonds is 13. The third-order valence-electron chi connectivity index (χ3n) is 4.17. The minimum absolute atomic E-state index is 0.0358. The number of H-pyrrole nitrogens is 1. The molecule has 172 valence electrons. The molecule has 0 saturated heterocycles. The maximum Gasteiger partial charge on any atom is 0.328 e. The van der Waals surface area contributed by atoms with Crippen molar-refractivity contribution in [3.8, 4) is 0 Å². The van der Waals surface area contributed by atoms with Crippen LogP contribution >= 0.6 is 0 Å². The van der Waals surface area contributed by atoms with Crippen LogP contribution in [0.4, 0.5) is 0 Å². The quantitative estimate of drug-likeness (QED) is 0.151. The van der Waals surface area contributed by atoms with Crippen molar-refractivity contribution in [3.05, 3.63) is 18.2 Å². The number of aliphatic hydroxyl groups excluding tert-OH is 1. The van der Waals surface area contributed by atoms with Gasteiger partial charge in [-0.1, -0.05) is 0 Å². The van der Waals surface area contributed by atoms with Gasteiger partial charge in [0.2, 0.25) is 17.7 Å². The van der Waals surface area contributed by atoms with Gasteiger partial charge in [0.1, 0.15) is 18.1 Å². The van der Waals surface area contributed by atoms with Gasteiger partial charge in [0, 0.05) is 24.7 Å². The molecule has 4 atom stereocenters. The van der Waals surface area contributed by atoms with Crippen LogP contribution < -0.4 is 21.7 Å². The molecule has 1 aromatic rings. The van der Waals surface area contributed by atoms with Gasteiger partial charge in [-0.15, -0.1) is 0 Å². The van der Waals surface area contributed by atoms with E-state index in [1.54, 1.807) is 0 Å². The van der Waals surface area contributed by atoms with Gasteiger partial charge in [-0.2, -0.15) is 0 Å². The molecule has 9 N–H and O–H groups in total. The monoisotopic (exact) mass is 442 g/mol. The first kappa shape index (κ1) is 25.5. The SMILES string of the molecule is CC(NC(=O)C(Cc1cnc[nH]1)NC(=O)C(N)CCC(=O)O)C(=O)NC(CO)C(=O)O. The molecule has 14 heteroatoms. The summed E-state index contributed by atoms with van der Waals surface area (Å²) in [7, 11) is 0. The molecular formula is C17H26N6O8. The van der Waals surface area contributed by atoms with Crippen molar-refractivity contribution in [3.63, 3.8) is 0 Å². The number of carbonyl (C=O) groups is 5. The number of aromatic nitrogens is 2. The molecule has 0 aliphatic rings. The van der Waals surface area contributed by atoms with Crippen LogP contribution in [0.5, 0.6) is 0 Å². The van der Waals surface area contributed by atoms with Crippen LogP contribution in [0.2, 0.25) is 0 Å². The number of amides is 3. The van der Waals surface area contributed by atoms with E-state index in [4.69, 9.17) is 21.1 Å². The Hall–Kier alpha value is -3.52. The van der Waals surface area contributed by atoms with E-state index in [1.807, 2.05) is 0 Å². The number of hydrogen-bond acceptors (Lipinski definition) is 8. The molecule has 14 nitrogen and oxygen atoms in total. The summed E-state index contributed by atoms with van der Waals surface area (Å²) in [6.07, 6.45) is 2.27. The Balaban J connectivity index is 2.81. The highest BCUT2D eigenvalue weighted by Gasteiger charge is 2.28. The van der Waals surface area contributed by atoms with Gasteiger partial charge in [0.05, 0.1) is 19.0 Å². The standard InChI is InChI=1S/C17H26N6O8/c1-8(14(27)23-12(6-24)17(30)31)21-16(29)11(4-9-5-19-7-20-9)22-15(28)10(18)2-3-13(25)26/h5,7-8,10-12,24H,2-4,6,18H2,1H3,(H,19,20)(H,21,29)(H,22,28)(H,23,27)(H,25,26)(H,30,31). The first-order valence-corrected chi connectivity index (χ1v) is 9.24. The number of imidazole rings is 1. The summed E-state index contributed by atoms with van der Waals surface area (Å²) < 4.78 is 0. The van der Waals surface area contributed by atoms with E-state index in [1.165, 1.54) is 19.4 Å². The van der Waals surface area contributed by atoms with Crippen LogP contribution in [0.3, 0.4) is 0 Å². The minimum atomic E-state index is -1.54. The van der Waals surface area contributed by atoms with Crippen molar-refractivity contribution in [1.82, 2.24) is 25.9 Å². The molecule has 1 rings (SSSR count). The van der Waals surface area contributed by atoms with Crippen LogP contribution in [0.15, 0.2) is 12.5 Å². The molecule has 31 heavy (non-hydrogen) atoms. The predicted molar refractivity (Wildman–Crippen MR) is 103 cm³/mol. The lowest BCUT2D eigenvalue weighted by Crippen LogP contribution is -2.57. The lowest BCUT2D eigenvalue weighted by Gasteiger charge is -2.23. The van der Waals surface area contributed by atoms with E-state index in [-0.39, 0.29) is 19.3 Å². The highest BCUT2D eigenvalue weighted by Crippen LogP contribution is 2.02. The fourth-order valence-electron chi connectivity index (χ4n) is 2.38. The number of aromatic amines is 1. The minimum Gasteiger partial charge on any atom is -0.481 e. The van der Waals surface area contributed by atoms with E-state index in [9.17, 15) is 24.0 Å². The average Bonchev–Trinajstić information content (AvgIpc) is 3.21. The largest absolute Gasteiger partial charge is 0.481 e. The fraction of sp³-hybridized carbons (Fsp3) is 0.529.